The number of hydrogen-bond acceptors (Lipinski definition) is 0. The molecule has 3 aliphatic carbocycles. The van der Waals surface area contributed by atoms with Crippen LogP contribution in [-0.2, 0) is 36.5 Å². The average Bonchev–Trinajstić information content (AvgIpc) is 3.41. The second-order valence-corrected chi connectivity index (χ2v) is 19.1. The van der Waals surface area contributed by atoms with E-state index in [4.69, 9.17) is 0 Å². The molecule has 1 radical (unpaired) electrons. The first kappa shape index (κ1) is 44.7. The smallest absolute Gasteiger partial charge is 0.418 e. The molecule has 0 atom stereocenters. The molecule has 0 aromatic carbocycles. The number of rotatable bonds is 6. The molecule has 9 heteroatoms. The van der Waals surface area contributed by atoms with E-state index in [-0.39, 0.29) is 36.5 Å². The fourth-order valence-corrected chi connectivity index (χ4v) is 13.8. The van der Waals surface area contributed by atoms with Gasteiger partial charge in [-0.15, -0.1) is 0 Å². The summed E-state index contributed by atoms with van der Waals surface area (Å²) in [5.74, 6) is 0. The van der Waals surface area contributed by atoms with E-state index in [1.807, 2.05) is 0 Å². The predicted molar refractivity (Wildman–Crippen MR) is 166 cm³/mol. The van der Waals surface area contributed by atoms with Gasteiger partial charge in [0.25, 0.3) is 0 Å². The largest absolute Gasteiger partial charge is 0.673 e. The van der Waals surface area contributed by atoms with E-state index in [9.17, 15) is 17.3 Å². The van der Waals surface area contributed by atoms with Crippen molar-refractivity contribution in [3.05, 3.63) is 24.3 Å². The summed E-state index contributed by atoms with van der Waals surface area (Å²) in [6.07, 6.45) is 26.1. The minimum absolute atomic E-state index is 0. The molecule has 0 amide bonds. The average molecular weight is 726 g/mol. The van der Waals surface area contributed by atoms with Crippen molar-refractivity contribution in [1.29, 1.82) is 0 Å². The third kappa shape index (κ3) is 24.4. The summed E-state index contributed by atoms with van der Waals surface area (Å²) < 4.78 is 39.0. The van der Waals surface area contributed by atoms with Crippen molar-refractivity contribution in [3.8, 4) is 0 Å². The van der Waals surface area contributed by atoms with Crippen LogP contribution in [0.3, 0.4) is 0 Å². The van der Waals surface area contributed by atoms with Crippen LogP contribution in [0.5, 0.6) is 0 Å². The van der Waals surface area contributed by atoms with Crippen LogP contribution in [0.1, 0.15) is 132 Å². The van der Waals surface area contributed by atoms with Crippen LogP contribution in [0.4, 0.5) is 17.3 Å². The van der Waals surface area contributed by atoms with Crippen LogP contribution < -0.4 is 0 Å². The SMILES string of the molecule is C1=CCCC=CCC1.CC(C)P(C(C)C)C1CCCC1.CC(C)P(C(C)C)C1CCCC1.F[B-](F)(F)F.[Fe].[Rh]. The van der Waals surface area contributed by atoms with Crippen LogP contribution in [0.2, 0.25) is 0 Å². The second kappa shape index (κ2) is 25.7. The molecular weight excluding hydrogens is 668 g/mol. The van der Waals surface area contributed by atoms with E-state index in [0.717, 1.165) is 34.0 Å². The van der Waals surface area contributed by atoms with Gasteiger partial charge in [-0.25, -0.2) is 0 Å². The van der Waals surface area contributed by atoms with Crippen molar-refractivity contribution in [2.75, 3.05) is 0 Å². The van der Waals surface area contributed by atoms with Gasteiger partial charge in [-0.2, -0.15) is 0 Å². The molecule has 0 N–H and O–H groups in total. The molecule has 39 heavy (non-hydrogen) atoms. The number of allylic oxidation sites excluding steroid dienone is 4. The summed E-state index contributed by atoms with van der Waals surface area (Å²) in [5.41, 5.74) is 6.01. The third-order valence-electron chi connectivity index (χ3n) is 7.21. The van der Waals surface area contributed by atoms with Crippen LogP contribution >= 0.6 is 15.8 Å². The monoisotopic (exact) mass is 726 g/mol. The summed E-state index contributed by atoms with van der Waals surface area (Å²) >= 11 is 0. The van der Waals surface area contributed by atoms with Gasteiger partial charge < -0.3 is 17.3 Å². The maximum Gasteiger partial charge on any atom is 0.673 e. The van der Waals surface area contributed by atoms with Gasteiger partial charge in [0.1, 0.15) is 0 Å². The zero-order valence-electron chi connectivity index (χ0n) is 25.9. The van der Waals surface area contributed by atoms with Gasteiger partial charge >= 0.3 is 7.25 Å². The minimum atomic E-state index is -6.00. The van der Waals surface area contributed by atoms with E-state index >= 15 is 0 Å². The van der Waals surface area contributed by atoms with E-state index in [0.29, 0.717) is 15.8 Å². The molecule has 237 valence electrons. The molecule has 0 heterocycles. The van der Waals surface area contributed by atoms with Crippen LogP contribution in [0.25, 0.3) is 0 Å². The van der Waals surface area contributed by atoms with Crippen molar-refractivity contribution in [3.63, 3.8) is 0 Å². The molecule has 0 saturated heterocycles. The normalized spacial score (nSPS) is 18.1. The first-order chi connectivity index (χ1) is 17.3. The molecule has 0 aliphatic heterocycles. The van der Waals surface area contributed by atoms with Gasteiger partial charge in [-0.05, 0) is 85.3 Å². The molecule has 0 aromatic rings. The molecule has 3 aliphatic rings. The Labute approximate surface area is 266 Å². The van der Waals surface area contributed by atoms with Crippen molar-refractivity contribution in [2.24, 2.45) is 0 Å². The Kier molecular flexibility index (Phi) is 29.5. The van der Waals surface area contributed by atoms with Gasteiger partial charge in [0, 0.05) is 36.5 Å². The van der Waals surface area contributed by atoms with Crippen molar-refractivity contribution >= 4 is 23.1 Å². The first-order valence-electron chi connectivity index (χ1n) is 15.0. The topological polar surface area (TPSA) is 0 Å². The summed E-state index contributed by atoms with van der Waals surface area (Å²) in [7, 11) is -5.36. The van der Waals surface area contributed by atoms with Gasteiger partial charge in [0.15, 0.2) is 0 Å². The second-order valence-electron chi connectivity index (χ2n) is 11.7. The Bertz CT molecular complexity index is 524. The van der Waals surface area contributed by atoms with Crippen LogP contribution in [0.15, 0.2) is 24.3 Å². The predicted octanol–water partition coefficient (Wildman–Crippen LogP) is 12.4. The van der Waals surface area contributed by atoms with E-state index in [2.05, 4.69) is 79.7 Å². The number of halogens is 4. The molecular formula is C30H58BF4FeP2Rh-. The Balaban J connectivity index is -0.000000455. The maximum absolute atomic E-state index is 9.75. The Morgan fingerprint density at radius 2 is 0.692 bits per heavy atom. The van der Waals surface area contributed by atoms with Crippen LogP contribution in [-0.4, -0.2) is 41.2 Å². The van der Waals surface area contributed by atoms with Gasteiger partial charge in [-0.1, -0.05) is 121 Å². The van der Waals surface area contributed by atoms with Crippen molar-refractivity contribution < 1.29 is 53.8 Å². The van der Waals surface area contributed by atoms with Gasteiger partial charge in [0.05, 0.1) is 0 Å². The van der Waals surface area contributed by atoms with Crippen LogP contribution in [0, 0.1) is 0 Å². The Morgan fingerprint density at radius 3 is 0.846 bits per heavy atom. The molecule has 0 aromatic heterocycles. The van der Waals surface area contributed by atoms with Gasteiger partial charge in [-0.3, -0.25) is 0 Å². The van der Waals surface area contributed by atoms with Crippen molar-refractivity contribution in [2.45, 2.75) is 166 Å². The quantitative estimate of drug-likeness (QED) is 0.111. The Hall–Kier alpha value is 1.27. The number of hydrogen-bond donors (Lipinski definition) is 0. The minimum Gasteiger partial charge on any atom is -0.418 e. The molecule has 0 nitrogen and oxygen atoms in total. The van der Waals surface area contributed by atoms with E-state index in [1.54, 1.807) is 0 Å². The summed E-state index contributed by atoms with van der Waals surface area (Å²) in [6.45, 7) is 19.4. The Morgan fingerprint density at radius 1 is 0.513 bits per heavy atom. The standard InChI is InChI=1S/2C11H23P.C8H12.BF4.Fe.Rh/c2*1-9(2)12(10(3)4)11-7-5-6-8-11;1-2-4-6-8-7-5-3-1;2-1(3,4)5;;/h2*9-11H,5-8H2,1-4H3;1-2,7-8H,3-6H2;;;/q;;;-1;;. The zero-order valence-corrected chi connectivity index (χ0v) is 30.5. The summed E-state index contributed by atoms with van der Waals surface area (Å²) in [5, 5.41) is 0. The molecule has 0 bridgehead atoms. The first-order valence-corrected chi connectivity index (χ1v) is 18.1. The fourth-order valence-electron chi connectivity index (χ4n) is 6.14. The summed E-state index contributed by atoms with van der Waals surface area (Å²) in [4.78, 5) is 0. The molecule has 2 saturated carbocycles. The molecule has 0 unspecified atom stereocenters. The van der Waals surface area contributed by atoms with E-state index in [1.165, 1.54) is 77.0 Å². The zero-order chi connectivity index (χ0) is 28.4. The maximum atomic E-state index is 9.75. The third-order valence-corrected chi connectivity index (χ3v) is 14.7. The van der Waals surface area contributed by atoms with E-state index < -0.39 is 7.25 Å². The van der Waals surface area contributed by atoms with Crippen molar-refractivity contribution in [1.82, 2.24) is 0 Å². The molecule has 2 fully saturated rings. The van der Waals surface area contributed by atoms with Gasteiger partial charge in [0.2, 0.25) is 0 Å². The molecule has 3 rings (SSSR count). The molecule has 0 spiro atoms. The fraction of sp³-hybridized carbons (Fsp3) is 0.867. The summed E-state index contributed by atoms with van der Waals surface area (Å²) in [6, 6.07) is 0.